The second kappa shape index (κ2) is 6.31. The van der Waals surface area contributed by atoms with Gasteiger partial charge in [0.25, 0.3) is 0 Å². The molecule has 1 amide bonds. The average molecular weight is 284 g/mol. The van der Waals surface area contributed by atoms with Crippen LogP contribution in [0.15, 0.2) is 0 Å². The van der Waals surface area contributed by atoms with E-state index < -0.39 is 5.60 Å². The molecular weight excluding hydrogens is 256 g/mol. The fourth-order valence-electron chi connectivity index (χ4n) is 3.20. The Balaban J connectivity index is 1.73. The number of aliphatic hydroxyl groups excluding tert-OH is 1. The van der Waals surface area contributed by atoms with E-state index in [1.165, 1.54) is 0 Å². The molecule has 1 saturated heterocycles. The minimum atomic E-state index is -0.446. The summed E-state index contributed by atoms with van der Waals surface area (Å²) >= 11 is 0. The molecule has 2 atom stereocenters. The number of nitrogens with zero attached hydrogens (tertiary/aromatic N) is 1. The van der Waals surface area contributed by atoms with Gasteiger partial charge in [-0.05, 0) is 52.9 Å². The van der Waals surface area contributed by atoms with E-state index in [1.807, 2.05) is 20.8 Å². The fraction of sp³-hybridized carbons (Fsp3) is 0.933. The monoisotopic (exact) mass is 284 g/mol. The van der Waals surface area contributed by atoms with Gasteiger partial charge in [-0.25, -0.2) is 4.79 Å². The summed E-state index contributed by atoms with van der Waals surface area (Å²) in [5.41, 5.74) is -0.446. The third kappa shape index (κ3) is 4.35. The SMILES string of the molecule is CC(C)(C)OC(=O)NC1CCN([C@@H]2CCC[C@H]2O)CC1. The molecule has 2 aliphatic rings. The van der Waals surface area contributed by atoms with Crippen LogP contribution in [0.25, 0.3) is 0 Å². The molecule has 0 bridgehead atoms. The Hall–Kier alpha value is -0.810. The molecule has 0 unspecified atom stereocenters. The second-order valence-corrected chi connectivity index (χ2v) is 7.02. The van der Waals surface area contributed by atoms with E-state index >= 15 is 0 Å². The molecule has 2 fully saturated rings. The highest BCUT2D eigenvalue weighted by Crippen LogP contribution is 2.26. The van der Waals surface area contributed by atoms with E-state index in [1.54, 1.807) is 0 Å². The lowest BCUT2D eigenvalue weighted by atomic mass is 10.0. The van der Waals surface area contributed by atoms with Crippen LogP contribution in [-0.4, -0.2) is 53.0 Å². The van der Waals surface area contributed by atoms with Crippen LogP contribution in [0.3, 0.4) is 0 Å². The predicted molar refractivity (Wildman–Crippen MR) is 77.6 cm³/mol. The van der Waals surface area contributed by atoms with Crippen molar-refractivity contribution in [2.24, 2.45) is 0 Å². The number of amides is 1. The summed E-state index contributed by atoms with van der Waals surface area (Å²) in [4.78, 5) is 14.1. The van der Waals surface area contributed by atoms with Crippen molar-refractivity contribution in [3.63, 3.8) is 0 Å². The largest absolute Gasteiger partial charge is 0.444 e. The molecule has 0 radical (unpaired) electrons. The van der Waals surface area contributed by atoms with Gasteiger partial charge in [0, 0.05) is 25.2 Å². The van der Waals surface area contributed by atoms with Crippen LogP contribution in [-0.2, 0) is 4.74 Å². The first-order valence-corrected chi connectivity index (χ1v) is 7.77. The van der Waals surface area contributed by atoms with Crippen molar-refractivity contribution >= 4 is 6.09 Å². The topological polar surface area (TPSA) is 61.8 Å². The predicted octanol–water partition coefficient (Wildman–Crippen LogP) is 1.89. The molecule has 2 N–H and O–H groups in total. The van der Waals surface area contributed by atoms with Crippen molar-refractivity contribution in [1.82, 2.24) is 10.2 Å². The minimum Gasteiger partial charge on any atom is -0.444 e. The van der Waals surface area contributed by atoms with Gasteiger partial charge in [-0.3, -0.25) is 4.90 Å². The van der Waals surface area contributed by atoms with Crippen LogP contribution in [0, 0.1) is 0 Å². The summed E-state index contributed by atoms with van der Waals surface area (Å²) in [7, 11) is 0. The highest BCUT2D eigenvalue weighted by Gasteiger charge is 2.33. The fourth-order valence-corrected chi connectivity index (χ4v) is 3.20. The number of rotatable bonds is 2. The van der Waals surface area contributed by atoms with Crippen LogP contribution in [0.1, 0.15) is 52.9 Å². The molecule has 1 heterocycles. The van der Waals surface area contributed by atoms with Gasteiger partial charge in [0.05, 0.1) is 6.10 Å². The molecule has 0 aromatic rings. The lowest BCUT2D eigenvalue weighted by Gasteiger charge is -2.37. The number of carbonyl (C=O) groups is 1. The Bertz CT molecular complexity index is 333. The molecule has 2 rings (SSSR count). The number of aliphatic hydroxyl groups is 1. The van der Waals surface area contributed by atoms with Gasteiger partial charge >= 0.3 is 6.09 Å². The van der Waals surface area contributed by atoms with Gasteiger partial charge in [0.15, 0.2) is 0 Å². The Morgan fingerprint density at radius 3 is 2.35 bits per heavy atom. The lowest BCUT2D eigenvalue weighted by molar-refractivity contribution is 0.0379. The molecule has 1 aliphatic heterocycles. The molecule has 0 spiro atoms. The maximum Gasteiger partial charge on any atom is 0.407 e. The zero-order valence-corrected chi connectivity index (χ0v) is 12.9. The molecule has 5 heteroatoms. The Morgan fingerprint density at radius 1 is 1.20 bits per heavy atom. The number of piperidine rings is 1. The van der Waals surface area contributed by atoms with Crippen molar-refractivity contribution in [1.29, 1.82) is 0 Å². The van der Waals surface area contributed by atoms with Crippen molar-refractivity contribution < 1.29 is 14.6 Å². The van der Waals surface area contributed by atoms with Crippen LogP contribution in [0.5, 0.6) is 0 Å². The van der Waals surface area contributed by atoms with Gasteiger partial charge in [0.2, 0.25) is 0 Å². The van der Waals surface area contributed by atoms with Gasteiger partial charge in [-0.2, -0.15) is 0 Å². The zero-order valence-electron chi connectivity index (χ0n) is 12.9. The molecule has 20 heavy (non-hydrogen) atoms. The van der Waals surface area contributed by atoms with Crippen LogP contribution in [0.2, 0.25) is 0 Å². The average Bonchev–Trinajstić information content (AvgIpc) is 2.74. The van der Waals surface area contributed by atoms with Crippen LogP contribution < -0.4 is 5.32 Å². The third-order valence-corrected chi connectivity index (χ3v) is 4.16. The number of ether oxygens (including phenoxy) is 1. The summed E-state index contributed by atoms with van der Waals surface area (Å²) in [5.74, 6) is 0. The molecule has 5 nitrogen and oxygen atoms in total. The number of carbonyl (C=O) groups excluding carboxylic acids is 1. The van der Waals surface area contributed by atoms with Gasteiger partial charge in [-0.15, -0.1) is 0 Å². The first-order valence-electron chi connectivity index (χ1n) is 7.77. The van der Waals surface area contributed by atoms with E-state index in [4.69, 9.17) is 4.74 Å². The van der Waals surface area contributed by atoms with Crippen molar-refractivity contribution in [2.75, 3.05) is 13.1 Å². The van der Waals surface area contributed by atoms with E-state index in [0.29, 0.717) is 6.04 Å². The van der Waals surface area contributed by atoms with Crippen molar-refractivity contribution in [2.45, 2.75) is 76.7 Å². The van der Waals surface area contributed by atoms with Gasteiger partial charge in [-0.1, -0.05) is 0 Å². The van der Waals surface area contributed by atoms with Crippen LogP contribution in [0.4, 0.5) is 4.79 Å². The summed E-state index contributed by atoms with van der Waals surface area (Å²) in [6.07, 6.45) is 4.54. The van der Waals surface area contributed by atoms with E-state index in [-0.39, 0.29) is 18.2 Å². The molecule has 1 saturated carbocycles. The third-order valence-electron chi connectivity index (χ3n) is 4.16. The zero-order chi connectivity index (χ0) is 14.8. The summed E-state index contributed by atoms with van der Waals surface area (Å²) < 4.78 is 5.28. The number of hydrogen-bond donors (Lipinski definition) is 2. The van der Waals surface area contributed by atoms with Gasteiger partial charge < -0.3 is 15.2 Å². The molecular formula is C15H28N2O3. The second-order valence-electron chi connectivity index (χ2n) is 7.02. The van der Waals surface area contributed by atoms with E-state index in [2.05, 4.69) is 10.2 Å². The van der Waals surface area contributed by atoms with Gasteiger partial charge in [0.1, 0.15) is 5.60 Å². The quantitative estimate of drug-likeness (QED) is 0.813. The maximum absolute atomic E-state index is 11.7. The number of alkyl carbamates (subject to hydrolysis) is 1. The first kappa shape index (κ1) is 15.6. The number of hydrogen-bond acceptors (Lipinski definition) is 4. The first-order chi connectivity index (χ1) is 9.35. The Kier molecular flexibility index (Phi) is 4.91. The maximum atomic E-state index is 11.7. The molecule has 1 aliphatic carbocycles. The highest BCUT2D eigenvalue weighted by atomic mass is 16.6. The molecule has 0 aromatic heterocycles. The van der Waals surface area contributed by atoms with E-state index in [9.17, 15) is 9.90 Å². The summed E-state index contributed by atoms with van der Waals surface area (Å²) in [6.45, 7) is 7.51. The normalized spacial score (nSPS) is 29.4. The highest BCUT2D eigenvalue weighted by molar-refractivity contribution is 5.68. The molecule has 0 aromatic carbocycles. The Morgan fingerprint density at radius 2 is 1.85 bits per heavy atom. The molecule has 116 valence electrons. The summed E-state index contributed by atoms with van der Waals surface area (Å²) in [6, 6.07) is 0.525. The number of nitrogens with one attached hydrogen (secondary N) is 1. The lowest BCUT2D eigenvalue weighted by Crippen LogP contribution is -2.50. The van der Waals surface area contributed by atoms with Crippen molar-refractivity contribution in [3.8, 4) is 0 Å². The van der Waals surface area contributed by atoms with Crippen molar-refractivity contribution in [3.05, 3.63) is 0 Å². The summed E-state index contributed by atoms with van der Waals surface area (Å²) in [5, 5.41) is 12.9. The smallest absolute Gasteiger partial charge is 0.407 e. The number of likely N-dealkylation sites (tertiary alicyclic amines) is 1. The minimum absolute atomic E-state index is 0.162. The Labute approximate surface area is 121 Å². The standard InChI is InChI=1S/C15H28N2O3/c1-15(2,3)20-14(19)16-11-7-9-17(10-8-11)12-5-4-6-13(12)18/h11-13,18H,4-10H2,1-3H3,(H,16,19)/t12-,13-/m1/s1. The van der Waals surface area contributed by atoms with E-state index in [0.717, 1.165) is 45.2 Å². The van der Waals surface area contributed by atoms with Crippen LogP contribution >= 0.6 is 0 Å².